The molecule has 0 radical (unpaired) electrons. The van der Waals surface area contributed by atoms with Crippen molar-refractivity contribution >= 4 is 11.9 Å². The summed E-state index contributed by atoms with van der Waals surface area (Å²) in [5.41, 5.74) is -0.447. The van der Waals surface area contributed by atoms with Gasteiger partial charge in [-0.05, 0) is 27.2 Å². The largest absolute Gasteiger partial charge is 0.456 e. The van der Waals surface area contributed by atoms with Crippen LogP contribution in [0.25, 0.3) is 0 Å². The molecule has 98 valence electrons. The lowest BCUT2D eigenvalue weighted by Gasteiger charge is -2.22. The highest BCUT2D eigenvalue weighted by molar-refractivity contribution is 5.86. The van der Waals surface area contributed by atoms with Crippen LogP contribution in [0.1, 0.15) is 34.1 Å². The SMILES string of the molecule is C=C(C)C(=O)OCC(O)OC(=O)C(C)(C)CC. The minimum absolute atomic E-state index is 0.220. The molecule has 0 bridgehead atoms. The Hall–Kier alpha value is -1.36. The van der Waals surface area contributed by atoms with Crippen LogP contribution in [0.3, 0.4) is 0 Å². The van der Waals surface area contributed by atoms with E-state index < -0.39 is 30.3 Å². The number of rotatable bonds is 6. The summed E-state index contributed by atoms with van der Waals surface area (Å²) in [6.45, 7) is 9.74. The van der Waals surface area contributed by atoms with Crippen molar-refractivity contribution in [3.05, 3.63) is 12.2 Å². The third-order valence-corrected chi connectivity index (χ3v) is 2.39. The van der Waals surface area contributed by atoms with Crippen LogP contribution in [0, 0.1) is 5.41 Å². The van der Waals surface area contributed by atoms with E-state index in [0.717, 1.165) is 0 Å². The lowest BCUT2D eigenvalue weighted by molar-refractivity contribution is -0.189. The van der Waals surface area contributed by atoms with E-state index in [1.54, 1.807) is 13.8 Å². The van der Waals surface area contributed by atoms with Gasteiger partial charge in [-0.1, -0.05) is 13.5 Å². The standard InChI is InChI=1S/C12H20O5/c1-6-12(4,5)11(15)17-9(13)7-16-10(14)8(2)3/h9,13H,2,6-7H2,1,3-5H3. The Morgan fingerprint density at radius 3 is 2.35 bits per heavy atom. The first-order valence-corrected chi connectivity index (χ1v) is 5.42. The smallest absolute Gasteiger partial charge is 0.333 e. The molecule has 0 spiro atoms. The lowest BCUT2D eigenvalue weighted by Crippen LogP contribution is -2.32. The first-order valence-electron chi connectivity index (χ1n) is 5.42. The molecule has 0 saturated carbocycles. The zero-order valence-electron chi connectivity index (χ0n) is 10.8. The van der Waals surface area contributed by atoms with Gasteiger partial charge in [-0.2, -0.15) is 0 Å². The average molecular weight is 244 g/mol. The average Bonchev–Trinajstić information content (AvgIpc) is 2.25. The summed E-state index contributed by atoms with van der Waals surface area (Å²) in [7, 11) is 0. The van der Waals surface area contributed by atoms with Gasteiger partial charge >= 0.3 is 11.9 Å². The van der Waals surface area contributed by atoms with E-state index in [2.05, 4.69) is 11.3 Å². The Bertz CT molecular complexity index is 306. The van der Waals surface area contributed by atoms with Crippen molar-refractivity contribution in [2.75, 3.05) is 6.61 Å². The highest BCUT2D eigenvalue weighted by atomic mass is 16.7. The number of esters is 2. The van der Waals surface area contributed by atoms with E-state index in [1.165, 1.54) is 6.92 Å². The van der Waals surface area contributed by atoms with Gasteiger partial charge in [-0.25, -0.2) is 4.79 Å². The molecule has 0 amide bonds. The van der Waals surface area contributed by atoms with E-state index >= 15 is 0 Å². The maximum atomic E-state index is 11.5. The molecule has 0 aliphatic heterocycles. The third-order valence-electron chi connectivity index (χ3n) is 2.39. The van der Waals surface area contributed by atoms with E-state index in [-0.39, 0.29) is 5.57 Å². The van der Waals surface area contributed by atoms with E-state index in [9.17, 15) is 14.7 Å². The molecule has 0 aliphatic rings. The molecule has 0 aromatic heterocycles. The van der Waals surface area contributed by atoms with Crippen molar-refractivity contribution in [1.29, 1.82) is 0 Å². The maximum Gasteiger partial charge on any atom is 0.333 e. The second-order valence-corrected chi connectivity index (χ2v) is 4.48. The zero-order valence-corrected chi connectivity index (χ0v) is 10.8. The molecule has 1 N–H and O–H groups in total. The quantitative estimate of drug-likeness (QED) is 0.434. The van der Waals surface area contributed by atoms with E-state index in [0.29, 0.717) is 6.42 Å². The Kier molecular flexibility index (Phi) is 5.88. The van der Waals surface area contributed by atoms with Crippen LogP contribution in [0.4, 0.5) is 0 Å². The van der Waals surface area contributed by atoms with Crippen LogP contribution < -0.4 is 0 Å². The predicted molar refractivity (Wildman–Crippen MR) is 61.9 cm³/mol. The summed E-state index contributed by atoms with van der Waals surface area (Å²) in [6, 6.07) is 0. The summed E-state index contributed by atoms with van der Waals surface area (Å²) in [5.74, 6) is -1.16. The molecule has 0 rings (SSSR count). The van der Waals surface area contributed by atoms with Gasteiger partial charge < -0.3 is 14.6 Å². The van der Waals surface area contributed by atoms with E-state index in [4.69, 9.17) is 4.74 Å². The van der Waals surface area contributed by atoms with Gasteiger partial charge in [0, 0.05) is 5.57 Å². The minimum atomic E-state index is -1.45. The molecular weight excluding hydrogens is 224 g/mol. The lowest BCUT2D eigenvalue weighted by atomic mass is 9.91. The van der Waals surface area contributed by atoms with Crippen LogP contribution in [0.5, 0.6) is 0 Å². The number of aliphatic hydroxyl groups excluding tert-OH is 1. The van der Waals surface area contributed by atoms with Gasteiger partial charge in [0.2, 0.25) is 6.29 Å². The molecule has 0 aromatic rings. The van der Waals surface area contributed by atoms with Crippen LogP contribution in [0.15, 0.2) is 12.2 Å². The molecule has 5 nitrogen and oxygen atoms in total. The Labute approximate surface area is 101 Å². The first-order chi connectivity index (χ1) is 7.70. The van der Waals surface area contributed by atoms with Crippen molar-refractivity contribution in [2.45, 2.75) is 40.4 Å². The van der Waals surface area contributed by atoms with Crippen LogP contribution in [0.2, 0.25) is 0 Å². The number of ether oxygens (including phenoxy) is 2. The zero-order chi connectivity index (χ0) is 13.6. The van der Waals surface area contributed by atoms with Gasteiger partial charge in [-0.15, -0.1) is 0 Å². The molecule has 1 atom stereocenters. The van der Waals surface area contributed by atoms with Crippen LogP contribution in [-0.2, 0) is 19.1 Å². The number of aliphatic hydroxyl groups is 1. The third kappa shape index (κ3) is 5.49. The molecule has 0 heterocycles. The second kappa shape index (κ2) is 6.39. The Morgan fingerprint density at radius 2 is 1.94 bits per heavy atom. The van der Waals surface area contributed by atoms with Crippen LogP contribution >= 0.6 is 0 Å². The number of carbonyl (C=O) groups excluding carboxylic acids is 2. The number of hydrogen-bond acceptors (Lipinski definition) is 5. The minimum Gasteiger partial charge on any atom is -0.456 e. The summed E-state index contributed by atoms with van der Waals surface area (Å²) >= 11 is 0. The van der Waals surface area contributed by atoms with Gasteiger partial charge in [0.1, 0.15) is 0 Å². The normalized spacial score (nSPS) is 12.8. The molecule has 0 fully saturated rings. The Balaban J connectivity index is 4.11. The van der Waals surface area contributed by atoms with Crippen molar-refractivity contribution in [3.63, 3.8) is 0 Å². The molecule has 1 unspecified atom stereocenters. The number of hydrogen-bond donors (Lipinski definition) is 1. The Morgan fingerprint density at radius 1 is 1.41 bits per heavy atom. The van der Waals surface area contributed by atoms with Crippen molar-refractivity contribution in [1.82, 2.24) is 0 Å². The molecule has 5 heteroatoms. The fourth-order valence-electron chi connectivity index (χ4n) is 0.732. The summed E-state index contributed by atoms with van der Waals surface area (Å²) < 4.78 is 9.39. The molecule has 0 aromatic carbocycles. The fraction of sp³-hybridized carbons (Fsp3) is 0.667. The predicted octanol–water partition coefficient (Wildman–Crippen LogP) is 1.40. The topological polar surface area (TPSA) is 72.8 Å². The second-order valence-electron chi connectivity index (χ2n) is 4.48. The molecular formula is C12H20O5. The van der Waals surface area contributed by atoms with Crippen LogP contribution in [-0.4, -0.2) is 29.9 Å². The van der Waals surface area contributed by atoms with Crippen molar-refractivity contribution in [2.24, 2.45) is 5.41 Å². The molecule has 0 saturated heterocycles. The van der Waals surface area contributed by atoms with Gasteiger partial charge in [0.05, 0.1) is 5.41 Å². The molecule has 17 heavy (non-hydrogen) atoms. The monoisotopic (exact) mass is 244 g/mol. The summed E-state index contributed by atoms with van der Waals surface area (Å²) in [5, 5.41) is 9.36. The van der Waals surface area contributed by atoms with Crippen molar-refractivity contribution < 1.29 is 24.2 Å². The van der Waals surface area contributed by atoms with E-state index in [1.807, 2.05) is 6.92 Å². The number of carbonyl (C=O) groups is 2. The summed E-state index contributed by atoms with van der Waals surface area (Å²) in [4.78, 5) is 22.6. The maximum absolute atomic E-state index is 11.5. The van der Waals surface area contributed by atoms with Crippen molar-refractivity contribution in [3.8, 4) is 0 Å². The first kappa shape index (κ1) is 15.6. The van der Waals surface area contributed by atoms with Gasteiger partial charge in [0.15, 0.2) is 6.61 Å². The highest BCUT2D eigenvalue weighted by Crippen LogP contribution is 2.21. The van der Waals surface area contributed by atoms with Gasteiger partial charge in [0.25, 0.3) is 0 Å². The van der Waals surface area contributed by atoms with Gasteiger partial charge in [-0.3, -0.25) is 4.79 Å². The molecule has 0 aliphatic carbocycles. The summed E-state index contributed by atoms with van der Waals surface area (Å²) in [6.07, 6.45) is -0.860. The highest BCUT2D eigenvalue weighted by Gasteiger charge is 2.29. The fourth-order valence-corrected chi connectivity index (χ4v) is 0.732.